The molecule has 1 aromatic heterocycles. The lowest BCUT2D eigenvalue weighted by Crippen LogP contribution is -2.20. The lowest BCUT2D eigenvalue weighted by Gasteiger charge is -2.17. The van der Waals surface area contributed by atoms with Gasteiger partial charge in [0.15, 0.2) is 0 Å². The van der Waals surface area contributed by atoms with Gasteiger partial charge in [0.1, 0.15) is 5.75 Å². The molecule has 1 N–H and O–H groups in total. The van der Waals surface area contributed by atoms with E-state index in [4.69, 9.17) is 4.74 Å². The number of nitrogens with one attached hydrogen (secondary N) is 1. The van der Waals surface area contributed by atoms with Crippen LogP contribution in [0.4, 0.5) is 0 Å². The Morgan fingerprint density at radius 1 is 1.15 bits per heavy atom. The third kappa shape index (κ3) is 4.09. The van der Waals surface area contributed by atoms with Crippen molar-refractivity contribution in [1.29, 1.82) is 0 Å². The molecule has 0 amide bonds. The van der Waals surface area contributed by atoms with Crippen LogP contribution in [0.2, 0.25) is 0 Å². The highest BCUT2D eigenvalue weighted by Gasteiger charge is 2.13. The fraction of sp³-hybridized carbons (Fsp3) is 0.412. The van der Waals surface area contributed by atoms with Gasteiger partial charge in [-0.2, -0.15) is 0 Å². The summed E-state index contributed by atoms with van der Waals surface area (Å²) in [4.78, 5) is 1.35. The summed E-state index contributed by atoms with van der Waals surface area (Å²) in [6.45, 7) is 6.08. The zero-order valence-corrected chi connectivity index (χ0v) is 13.1. The molecule has 1 aromatic carbocycles. The van der Waals surface area contributed by atoms with Gasteiger partial charge in [0.25, 0.3) is 0 Å². The highest BCUT2D eigenvalue weighted by Crippen LogP contribution is 2.27. The van der Waals surface area contributed by atoms with Crippen molar-refractivity contribution in [3.05, 3.63) is 52.2 Å². The van der Waals surface area contributed by atoms with Gasteiger partial charge in [-0.1, -0.05) is 38.5 Å². The van der Waals surface area contributed by atoms with Crippen LogP contribution < -0.4 is 10.1 Å². The lowest BCUT2D eigenvalue weighted by molar-refractivity contribution is 0.309. The first-order chi connectivity index (χ1) is 9.85. The minimum absolute atomic E-state index is 0.282. The van der Waals surface area contributed by atoms with Crippen molar-refractivity contribution in [3.63, 3.8) is 0 Å². The molecule has 0 saturated heterocycles. The second kappa shape index (κ2) is 8.08. The van der Waals surface area contributed by atoms with E-state index in [0.29, 0.717) is 0 Å². The molecular formula is C17H23NOS. The summed E-state index contributed by atoms with van der Waals surface area (Å²) in [5, 5.41) is 5.67. The summed E-state index contributed by atoms with van der Waals surface area (Å²) >= 11 is 1.79. The minimum Gasteiger partial charge on any atom is -0.494 e. The Hall–Kier alpha value is -1.32. The molecule has 1 atom stereocenters. The molecule has 0 spiro atoms. The summed E-state index contributed by atoms with van der Waals surface area (Å²) in [6.07, 6.45) is 2.27. The van der Waals surface area contributed by atoms with Crippen molar-refractivity contribution >= 4 is 11.3 Å². The SMILES string of the molecule is CCCCOc1ccc(C(NCC)c2cccs2)cc1. The van der Waals surface area contributed by atoms with E-state index in [1.54, 1.807) is 11.3 Å². The lowest BCUT2D eigenvalue weighted by atomic mass is 10.1. The number of benzene rings is 1. The van der Waals surface area contributed by atoms with Gasteiger partial charge in [-0.05, 0) is 42.1 Å². The van der Waals surface area contributed by atoms with Crippen molar-refractivity contribution in [2.24, 2.45) is 0 Å². The molecule has 20 heavy (non-hydrogen) atoms. The van der Waals surface area contributed by atoms with Crippen LogP contribution in [0, 0.1) is 0 Å². The molecule has 2 rings (SSSR count). The van der Waals surface area contributed by atoms with E-state index in [9.17, 15) is 0 Å². The molecule has 0 aliphatic rings. The smallest absolute Gasteiger partial charge is 0.119 e. The van der Waals surface area contributed by atoms with Crippen molar-refractivity contribution in [2.45, 2.75) is 32.7 Å². The minimum atomic E-state index is 0.282. The largest absolute Gasteiger partial charge is 0.494 e. The predicted octanol–water partition coefficient (Wildman–Crippen LogP) is 4.63. The Kier molecular flexibility index (Phi) is 6.09. The van der Waals surface area contributed by atoms with Gasteiger partial charge < -0.3 is 10.1 Å². The standard InChI is InChI=1S/C17H23NOS/c1-3-5-12-19-15-10-8-14(9-11-15)17(18-4-2)16-7-6-13-20-16/h6-11,13,17-18H,3-5,12H2,1-2H3. The van der Waals surface area contributed by atoms with E-state index in [2.05, 4.69) is 60.9 Å². The van der Waals surface area contributed by atoms with Crippen LogP contribution in [-0.2, 0) is 0 Å². The Bertz CT molecular complexity index is 478. The van der Waals surface area contributed by atoms with Crippen LogP contribution in [0.15, 0.2) is 41.8 Å². The summed E-state index contributed by atoms with van der Waals surface area (Å²) in [6, 6.07) is 13.0. The van der Waals surface area contributed by atoms with Gasteiger partial charge in [0.05, 0.1) is 12.6 Å². The monoisotopic (exact) mass is 289 g/mol. The number of hydrogen-bond acceptors (Lipinski definition) is 3. The number of hydrogen-bond donors (Lipinski definition) is 1. The topological polar surface area (TPSA) is 21.3 Å². The number of rotatable bonds is 8. The van der Waals surface area contributed by atoms with Gasteiger partial charge in [-0.25, -0.2) is 0 Å². The molecular weight excluding hydrogens is 266 g/mol. The summed E-state index contributed by atoms with van der Waals surface area (Å²) < 4.78 is 5.71. The van der Waals surface area contributed by atoms with E-state index >= 15 is 0 Å². The number of thiophene rings is 1. The Morgan fingerprint density at radius 3 is 2.55 bits per heavy atom. The van der Waals surface area contributed by atoms with E-state index in [0.717, 1.165) is 25.3 Å². The molecule has 0 radical (unpaired) electrons. The first-order valence-electron chi connectivity index (χ1n) is 7.34. The molecule has 0 fully saturated rings. The van der Waals surface area contributed by atoms with Crippen molar-refractivity contribution in [1.82, 2.24) is 5.32 Å². The Balaban J connectivity index is 2.06. The van der Waals surface area contributed by atoms with E-state index in [1.165, 1.54) is 16.9 Å². The number of ether oxygens (including phenoxy) is 1. The normalized spacial score (nSPS) is 12.3. The third-order valence-corrected chi connectivity index (χ3v) is 4.15. The molecule has 2 aromatic rings. The molecule has 3 heteroatoms. The molecule has 108 valence electrons. The fourth-order valence-corrected chi connectivity index (χ4v) is 2.96. The summed E-state index contributed by atoms with van der Waals surface area (Å²) in [7, 11) is 0. The van der Waals surface area contributed by atoms with Gasteiger partial charge in [0.2, 0.25) is 0 Å². The second-order valence-electron chi connectivity index (χ2n) is 4.78. The average molecular weight is 289 g/mol. The van der Waals surface area contributed by atoms with Crippen LogP contribution in [0.3, 0.4) is 0 Å². The molecule has 2 nitrogen and oxygen atoms in total. The number of unbranched alkanes of at least 4 members (excludes halogenated alkanes) is 1. The second-order valence-corrected chi connectivity index (χ2v) is 5.76. The van der Waals surface area contributed by atoms with Crippen molar-refractivity contribution in [3.8, 4) is 5.75 Å². The van der Waals surface area contributed by atoms with Gasteiger partial charge in [0, 0.05) is 4.88 Å². The van der Waals surface area contributed by atoms with Gasteiger partial charge in [-0.15, -0.1) is 11.3 Å². The first kappa shape index (κ1) is 15.1. The molecule has 0 saturated carbocycles. The van der Waals surface area contributed by atoms with Gasteiger partial charge >= 0.3 is 0 Å². The first-order valence-corrected chi connectivity index (χ1v) is 8.22. The van der Waals surface area contributed by atoms with Crippen LogP contribution in [0.25, 0.3) is 0 Å². The van der Waals surface area contributed by atoms with Crippen LogP contribution in [0.1, 0.15) is 43.2 Å². The zero-order chi connectivity index (χ0) is 14.2. The van der Waals surface area contributed by atoms with E-state index < -0.39 is 0 Å². The van der Waals surface area contributed by atoms with Gasteiger partial charge in [-0.3, -0.25) is 0 Å². The summed E-state index contributed by atoms with van der Waals surface area (Å²) in [5.74, 6) is 0.962. The summed E-state index contributed by atoms with van der Waals surface area (Å²) in [5.41, 5.74) is 1.29. The maximum Gasteiger partial charge on any atom is 0.119 e. The maximum absolute atomic E-state index is 5.71. The van der Waals surface area contributed by atoms with Crippen LogP contribution in [0.5, 0.6) is 5.75 Å². The predicted molar refractivity (Wildman–Crippen MR) is 86.7 cm³/mol. The Morgan fingerprint density at radius 2 is 1.95 bits per heavy atom. The van der Waals surface area contributed by atoms with Crippen LogP contribution >= 0.6 is 11.3 Å². The molecule has 0 aliphatic heterocycles. The fourth-order valence-electron chi connectivity index (χ4n) is 2.13. The van der Waals surface area contributed by atoms with Crippen LogP contribution in [-0.4, -0.2) is 13.2 Å². The molecule has 0 bridgehead atoms. The highest BCUT2D eigenvalue weighted by molar-refractivity contribution is 7.10. The van der Waals surface area contributed by atoms with E-state index in [1.807, 2.05) is 0 Å². The quantitative estimate of drug-likeness (QED) is 0.716. The average Bonchev–Trinajstić information content (AvgIpc) is 3.00. The highest BCUT2D eigenvalue weighted by atomic mass is 32.1. The van der Waals surface area contributed by atoms with Crippen molar-refractivity contribution in [2.75, 3.05) is 13.2 Å². The molecule has 0 aliphatic carbocycles. The zero-order valence-electron chi connectivity index (χ0n) is 12.3. The third-order valence-electron chi connectivity index (χ3n) is 3.22. The molecule has 1 heterocycles. The Labute approximate surface area is 125 Å². The molecule has 1 unspecified atom stereocenters. The maximum atomic E-state index is 5.71. The van der Waals surface area contributed by atoms with E-state index in [-0.39, 0.29) is 6.04 Å². The van der Waals surface area contributed by atoms with Crippen molar-refractivity contribution < 1.29 is 4.74 Å².